The van der Waals surface area contributed by atoms with Crippen LogP contribution in [-0.4, -0.2) is 23.3 Å². The second kappa shape index (κ2) is 3.65. The van der Waals surface area contributed by atoms with Crippen LogP contribution >= 0.6 is 11.8 Å². The monoisotopic (exact) mass is 211 g/mol. The summed E-state index contributed by atoms with van der Waals surface area (Å²) >= 11 is 1.51. The Morgan fingerprint density at radius 3 is 2.64 bits per heavy atom. The van der Waals surface area contributed by atoms with Crippen LogP contribution < -0.4 is 10.5 Å². The predicted octanol–water partition coefficient (Wildman–Crippen LogP) is 1.67. The zero-order valence-electron chi connectivity index (χ0n) is 8.28. The van der Waals surface area contributed by atoms with Gasteiger partial charge in [-0.05, 0) is 19.1 Å². The zero-order chi connectivity index (χ0) is 10.1. The SMILES string of the molecule is COc1nc(C2CC2)nc(N)c1SC. The molecular formula is C9H13N3OS. The van der Waals surface area contributed by atoms with Crippen LogP contribution in [0.4, 0.5) is 5.82 Å². The Morgan fingerprint density at radius 1 is 1.43 bits per heavy atom. The lowest BCUT2D eigenvalue weighted by Gasteiger charge is -2.08. The van der Waals surface area contributed by atoms with Crippen molar-refractivity contribution in [1.82, 2.24) is 9.97 Å². The number of methoxy groups -OCH3 is 1. The lowest BCUT2D eigenvalue weighted by molar-refractivity contribution is 0.384. The van der Waals surface area contributed by atoms with E-state index in [9.17, 15) is 0 Å². The number of ether oxygens (including phenoxy) is 1. The van der Waals surface area contributed by atoms with Crippen molar-refractivity contribution in [2.24, 2.45) is 0 Å². The van der Waals surface area contributed by atoms with E-state index in [4.69, 9.17) is 10.5 Å². The second-order valence-corrected chi connectivity index (χ2v) is 4.10. The lowest BCUT2D eigenvalue weighted by Crippen LogP contribution is -2.03. The molecule has 2 rings (SSSR count). The van der Waals surface area contributed by atoms with Gasteiger partial charge in [-0.3, -0.25) is 0 Å². The van der Waals surface area contributed by atoms with E-state index in [1.54, 1.807) is 7.11 Å². The summed E-state index contributed by atoms with van der Waals surface area (Å²) in [5, 5.41) is 0. The van der Waals surface area contributed by atoms with Gasteiger partial charge in [-0.2, -0.15) is 4.98 Å². The lowest BCUT2D eigenvalue weighted by atomic mass is 10.4. The topological polar surface area (TPSA) is 61.0 Å². The molecule has 1 fully saturated rings. The van der Waals surface area contributed by atoms with Crippen LogP contribution in [0.1, 0.15) is 24.6 Å². The van der Waals surface area contributed by atoms with Crippen molar-refractivity contribution in [2.75, 3.05) is 19.1 Å². The molecule has 0 amide bonds. The average Bonchev–Trinajstić information content (AvgIpc) is 2.99. The highest BCUT2D eigenvalue weighted by molar-refractivity contribution is 7.98. The molecule has 0 saturated heterocycles. The van der Waals surface area contributed by atoms with E-state index in [1.165, 1.54) is 24.6 Å². The van der Waals surface area contributed by atoms with E-state index in [0.29, 0.717) is 17.6 Å². The summed E-state index contributed by atoms with van der Waals surface area (Å²) in [7, 11) is 1.61. The van der Waals surface area contributed by atoms with Crippen molar-refractivity contribution in [2.45, 2.75) is 23.7 Å². The van der Waals surface area contributed by atoms with E-state index in [-0.39, 0.29) is 0 Å². The quantitative estimate of drug-likeness (QED) is 0.770. The fraction of sp³-hybridized carbons (Fsp3) is 0.556. The fourth-order valence-electron chi connectivity index (χ4n) is 1.32. The maximum absolute atomic E-state index is 5.82. The molecule has 0 aromatic carbocycles. The van der Waals surface area contributed by atoms with E-state index in [2.05, 4.69) is 9.97 Å². The highest BCUT2D eigenvalue weighted by Crippen LogP contribution is 2.40. The van der Waals surface area contributed by atoms with E-state index >= 15 is 0 Å². The Hall–Kier alpha value is -0.970. The first-order chi connectivity index (χ1) is 6.76. The van der Waals surface area contributed by atoms with Crippen molar-refractivity contribution in [1.29, 1.82) is 0 Å². The molecule has 0 bridgehead atoms. The molecular weight excluding hydrogens is 198 g/mol. The van der Waals surface area contributed by atoms with Crippen molar-refractivity contribution < 1.29 is 4.74 Å². The van der Waals surface area contributed by atoms with Gasteiger partial charge >= 0.3 is 0 Å². The third kappa shape index (κ3) is 1.64. The first-order valence-electron chi connectivity index (χ1n) is 4.51. The smallest absolute Gasteiger partial charge is 0.232 e. The molecule has 0 atom stereocenters. The normalized spacial score (nSPS) is 15.6. The Bertz CT molecular complexity index is 352. The van der Waals surface area contributed by atoms with Gasteiger partial charge in [0.05, 0.1) is 7.11 Å². The van der Waals surface area contributed by atoms with Gasteiger partial charge in [0.25, 0.3) is 0 Å². The summed E-state index contributed by atoms with van der Waals surface area (Å²) in [6, 6.07) is 0. The van der Waals surface area contributed by atoms with Crippen molar-refractivity contribution in [3.05, 3.63) is 5.82 Å². The van der Waals surface area contributed by atoms with Crippen molar-refractivity contribution >= 4 is 17.6 Å². The molecule has 1 aromatic heterocycles. The molecule has 76 valence electrons. The molecule has 0 radical (unpaired) electrons. The summed E-state index contributed by atoms with van der Waals surface area (Å²) in [4.78, 5) is 9.46. The first-order valence-corrected chi connectivity index (χ1v) is 5.74. The number of hydrogen-bond donors (Lipinski definition) is 1. The van der Waals surface area contributed by atoms with Gasteiger partial charge in [-0.15, -0.1) is 11.8 Å². The van der Waals surface area contributed by atoms with E-state index < -0.39 is 0 Å². The molecule has 0 unspecified atom stereocenters. The second-order valence-electron chi connectivity index (χ2n) is 3.28. The van der Waals surface area contributed by atoms with Crippen LogP contribution in [0, 0.1) is 0 Å². The largest absolute Gasteiger partial charge is 0.480 e. The van der Waals surface area contributed by atoms with Gasteiger partial charge < -0.3 is 10.5 Å². The Balaban J connectivity index is 2.43. The van der Waals surface area contributed by atoms with Crippen molar-refractivity contribution in [3.8, 4) is 5.88 Å². The molecule has 1 aliphatic rings. The minimum atomic E-state index is 0.502. The van der Waals surface area contributed by atoms with Crippen LogP contribution in [0.15, 0.2) is 4.90 Å². The van der Waals surface area contributed by atoms with Crippen LogP contribution in [0.25, 0.3) is 0 Å². The summed E-state index contributed by atoms with van der Waals surface area (Å²) < 4.78 is 5.18. The van der Waals surface area contributed by atoms with Gasteiger partial charge in [0.2, 0.25) is 5.88 Å². The van der Waals surface area contributed by atoms with Gasteiger partial charge in [-0.25, -0.2) is 4.98 Å². The number of nitrogen functional groups attached to an aromatic ring is 1. The number of rotatable bonds is 3. The first kappa shape index (κ1) is 9.58. The molecule has 1 aliphatic carbocycles. The molecule has 0 aliphatic heterocycles. The highest BCUT2D eigenvalue weighted by atomic mass is 32.2. The van der Waals surface area contributed by atoms with Crippen LogP contribution in [0.2, 0.25) is 0 Å². The van der Waals surface area contributed by atoms with Gasteiger partial charge in [0, 0.05) is 5.92 Å². The van der Waals surface area contributed by atoms with Crippen LogP contribution in [0.5, 0.6) is 5.88 Å². The van der Waals surface area contributed by atoms with Crippen molar-refractivity contribution in [3.63, 3.8) is 0 Å². The summed E-state index contributed by atoms with van der Waals surface area (Å²) in [5.74, 6) is 2.47. The Morgan fingerprint density at radius 2 is 2.14 bits per heavy atom. The third-order valence-electron chi connectivity index (χ3n) is 2.22. The van der Waals surface area contributed by atoms with Gasteiger partial charge in [0.1, 0.15) is 16.5 Å². The fourth-order valence-corrected chi connectivity index (χ4v) is 1.88. The van der Waals surface area contributed by atoms with E-state index in [0.717, 1.165) is 10.7 Å². The number of thioether (sulfide) groups is 1. The summed E-state index contributed by atoms with van der Waals surface area (Å²) in [6.45, 7) is 0. The number of aromatic nitrogens is 2. The van der Waals surface area contributed by atoms with Gasteiger partial charge in [0.15, 0.2) is 0 Å². The summed E-state index contributed by atoms with van der Waals surface area (Å²) in [5.41, 5.74) is 5.82. The molecule has 2 N–H and O–H groups in total. The molecule has 1 saturated carbocycles. The molecule has 4 nitrogen and oxygen atoms in total. The number of nitrogens with two attached hydrogens (primary N) is 1. The molecule has 1 heterocycles. The molecule has 0 spiro atoms. The maximum atomic E-state index is 5.82. The number of anilines is 1. The predicted molar refractivity (Wildman–Crippen MR) is 56.8 cm³/mol. The maximum Gasteiger partial charge on any atom is 0.232 e. The van der Waals surface area contributed by atoms with Crippen LogP contribution in [-0.2, 0) is 0 Å². The van der Waals surface area contributed by atoms with E-state index in [1.807, 2.05) is 6.26 Å². The number of hydrogen-bond acceptors (Lipinski definition) is 5. The highest BCUT2D eigenvalue weighted by Gasteiger charge is 2.28. The van der Waals surface area contributed by atoms with Crippen LogP contribution in [0.3, 0.4) is 0 Å². The number of nitrogens with zero attached hydrogens (tertiary/aromatic N) is 2. The molecule has 14 heavy (non-hydrogen) atoms. The van der Waals surface area contributed by atoms with Gasteiger partial charge in [-0.1, -0.05) is 0 Å². The summed E-state index contributed by atoms with van der Waals surface area (Å²) in [6.07, 6.45) is 4.27. The Kier molecular flexibility index (Phi) is 2.50. The third-order valence-corrected chi connectivity index (χ3v) is 3.01. The average molecular weight is 211 g/mol. The minimum absolute atomic E-state index is 0.502. The Labute approximate surface area is 87.3 Å². The standard InChI is InChI=1S/C9H13N3OS/c1-13-9-6(14-2)7(10)11-8(12-9)5-3-4-5/h5H,3-4H2,1-2H3,(H2,10,11,12). The molecule has 1 aromatic rings. The zero-order valence-corrected chi connectivity index (χ0v) is 9.10. The minimum Gasteiger partial charge on any atom is -0.480 e. The molecule has 5 heteroatoms.